The van der Waals surface area contributed by atoms with Crippen molar-refractivity contribution < 1.29 is 17.9 Å². The van der Waals surface area contributed by atoms with Gasteiger partial charge in [-0.1, -0.05) is 12.1 Å². The fraction of sp³-hybridized carbons (Fsp3) is 0.318. The summed E-state index contributed by atoms with van der Waals surface area (Å²) in [5.74, 6) is 0.420. The van der Waals surface area contributed by atoms with E-state index in [1.54, 1.807) is 10.9 Å². The van der Waals surface area contributed by atoms with E-state index in [-0.39, 0.29) is 17.7 Å². The van der Waals surface area contributed by atoms with E-state index in [0.29, 0.717) is 17.3 Å². The summed E-state index contributed by atoms with van der Waals surface area (Å²) in [4.78, 5) is 17.1. The molecule has 1 aromatic carbocycles. The lowest BCUT2D eigenvalue weighted by Gasteiger charge is -2.17. The molecule has 32 heavy (non-hydrogen) atoms. The highest BCUT2D eigenvalue weighted by Crippen LogP contribution is 2.39. The number of aromatic nitrogens is 3. The van der Waals surface area contributed by atoms with E-state index in [4.69, 9.17) is 4.74 Å². The number of nitrogens with one attached hydrogen (secondary N) is 2. The molecule has 164 valence electrons. The number of sulfonamides is 1. The van der Waals surface area contributed by atoms with Gasteiger partial charge in [-0.25, -0.2) is 14.5 Å². The van der Waals surface area contributed by atoms with Crippen molar-refractivity contribution in [2.24, 2.45) is 0 Å². The minimum atomic E-state index is -4.15. The van der Waals surface area contributed by atoms with E-state index in [1.165, 1.54) is 6.07 Å². The molecular formula is C22H21N5O4S. The summed E-state index contributed by atoms with van der Waals surface area (Å²) >= 11 is 0. The van der Waals surface area contributed by atoms with Gasteiger partial charge in [0.2, 0.25) is 5.88 Å². The van der Waals surface area contributed by atoms with E-state index in [2.05, 4.69) is 26.2 Å². The van der Waals surface area contributed by atoms with Gasteiger partial charge in [0.05, 0.1) is 17.4 Å². The summed E-state index contributed by atoms with van der Waals surface area (Å²) in [6.45, 7) is 0.124. The van der Waals surface area contributed by atoms with E-state index < -0.39 is 16.1 Å². The largest absolute Gasteiger partial charge is 0.471 e. The Labute approximate surface area is 184 Å². The second kappa shape index (κ2) is 7.06. The first-order valence-electron chi connectivity index (χ1n) is 10.6. The van der Waals surface area contributed by atoms with Crippen LogP contribution < -0.4 is 14.8 Å². The highest BCUT2D eigenvalue weighted by atomic mass is 32.2. The van der Waals surface area contributed by atoms with Crippen molar-refractivity contribution in [3.8, 4) is 17.0 Å². The molecule has 2 aliphatic carbocycles. The number of fused-ring (bicyclic) bond motifs is 8. The second-order valence-corrected chi connectivity index (χ2v) is 9.99. The molecule has 0 spiro atoms. The number of carbonyl (C=O) groups is 1. The normalized spacial score (nSPS) is 19.1. The Bertz CT molecular complexity index is 1360. The minimum absolute atomic E-state index is 0.124. The molecule has 2 N–H and O–H groups in total. The number of nitrogens with zero attached hydrogens (tertiary/aromatic N) is 3. The van der Waals surface area contributed by atoms with Crippen LogP contribution in [0, 0.1) is 0 Å². The maximum atomic E-state index is 12.9. The fourth-order valence-electron chi connectivity index (χ4n) is 4.45. The van der Waals surface area contributed by atoms with Gasteiger partial charge in [-0.15, -0.1) is 0 Å². The molecule has 9 nitrogen and oxygen atoms in total. The summed E-state index contributed by atoms with van der Waals surface area (Å²) in [6, 6.07) is 8.49. The number of aryl methyl sites for hydroxylation is 1. The van der Waals surface area contributed by atoms with Gasteiger partial charge in [0.1, 0.15) is 6.61 Å². The summed E-state index contributed by atoms with van der Waals surface area (Å²) in [7, 11) is -4.15. The average Bonchev–Trinajstić information content (AvgIpc) is 3.32. The summed E-state index contributed by atoms with van der Waals surface area (Å²) in [5.41, 5.74) is 5.05. The summed E-state index contributed by atoms with van der Waals surface area (Å²) in [5, 5.41) is 6.88. The third kappa shape index (κ3) is 3.31. The molecule has 0 saturated heterocycles. The predicted octanol–water partition coefficient (Wildman–Crippen LogP) is 3.17. The molecule has 0 unspecified atom stereocenters. The van der Waals surface area contributed by atoms with Crippen LogP contribution in [0.3, 0.4) is 0 Å². The maximum absolute atomic E-state index is 12.9. The van der Waals surface area contributed by atoms with Crippen LogP contribution in [0.2, 0.25) is 0 Å². The van der Waals surface area contributed by atoms with Gasteiger partial charge in [-0.2, -0.15) is 13.5 Å². The molecule has 0 radical (unpaired) electrons. The van der Waals surface area contributed by atoms with Crippen LogP contribution in [0.4, 0.5) is 10.5 Å². The lowest BCUT2D eigenvalue weighted by atomic mass is 9.98. The number of urea groups is 1. The van der Waals surface area contributed by atoms with Crippen molar-refractivity contribution in [3.05, 3.63) is 53.3 Å². The zero-order valence-corrected chi connectivity index (χ0v) is 18.0. The number of benzene rings is 1. The van der Waals surface area contributed by atoms with Crippen LogP contribution in [0.15, 0.2) is 41.6 Å². The van der Waals surface area contributed by atoms with Crippen molar-refractivity contribution in [1.29, 1.82) is 0 Å². The first-order valence-corrected chi connectivity index (χ1v) is 12.1. The van der Waals surface area contributed by atoms with Gasteiger partial charge < -0.3 is 10.1 Å². The third-order valence-electron chi connectivity index (χ3n) is 6.12. The molecule has 2 amide bonds. The number of hydrogen-bond acceptors (Lipinski definition) is 6. The smallest absolute Gasteiger partial charge is 0.333 e. The molecule has 0 atom stereocenters. The Hall–Kier alpha value is -3.40. The molecule has 6 rings (SSSR count). The third-order valence-corrected chi connectivity index (χ3v) is 7.33. The van der Waals surface area contributed by atoms with Gasteiger partial charge in [0.25, 0.3) is 10.0 Å². The van der Waals surface area contributed by atoms with Gasteiger partial charge >= 0.3 is 6.03 Å². The number of rotatable bonds is 1. The van der Waals surface area contributed by atoms with E-state index >= 15 is 0 Å². The number of anilines is 1. The van der Waals surface area contributed by atoms with Crippen molar-refractivity contribution in [1.82, 2.24) is 19.5 Å². The molecule has 4 bridgehead atoms. The monoisotopic (exact) mass is 451 g/mol. The molecule has 1 saturated carbocycles. The molecule has 1 fully saturated rings. The SMILES string of the molecule is O=C1Nc2c(ccc3c2CCC3)-c2ccnc(c2)OCc2cc(nn2C2CC2)S(=O)(=O)N1. The quantitative estimate of drug-likeness (QED) is 0.587. The topological polar surface area (TPSA) is 115 Å². The first kappa shape index (κ1) is 19.3. The number of pyridine rings is 1. The van der Waals surface area contributed by atoms with Gasteiger partial charge in [-0.3, -0.25) is 4.68 Å². The van der Waals surface area contributed by atoms with Crippen molar-refractivity contribution in [2.45, 2.75) is 49.8 Å². The lowest BCUT2D eigenvalue weighted by Crippen LogP contribution is -2.35. The molecular weight excluding hydrogens is 430 g/mol. The van der Waals surface area contributed by atoms with Crippen LogP contribution in [0.1, 0.15) is 42.1 Å². The van der Waals surface area contributed by atoms with Crippen LogP contribution in [0.5, 0.6) is 5.88 Å². The van der Waals surface area contributed by atoms with Gasteiger partial charge in [0.15, 0.2) is 5.03 Å². The predicted molar refractivity (Wildman–Crippen MR) is 116 cm³/mol. The number of ether oxygens (including phenoxy) is 1. The fourth-order valence-corrected chi connectivity index (χ4v) is 5.34. The first-order chi connectivity index (χ1) is 15.5. The highest BCUT2D eigenvalue weighted by Gasteiger charge is 2.31. The molecule has 10 heteroatoms. The van der Waals surface area contributed by atoms with Crippen LogP contribution >= 0.6 is 0 Å². The molecule has 1 aliphatic heterocycles. The Morgan fingerprint density at radius 2 is 2.00 bits per heavy atom. The summed E-state index contributed by atoms with van der Waals surface area (Å²) < 4.78 is 35.5. The van der Waals surface area contributed by atoms with Crippen LogP contribution in [0.25, 0.3) is 11.1 Å². The molecule has 3 aromatic rings. The Kier molecular flexibility index (Phi) is 4.26. The van der Waals surface area contributed by atoms with Crippen molar-refractivity contribution in [2.75, 3.05) is 5.32 Å². The van der Waals surface area contributed by atoms with Crippen molar-refractivity contribution in [3.63, 3.8) is 0 Å². The molecule has 3 aliphatic rings. The standard InChI is InChI=1S/C22H21N5O4S/c28-22-24-21-17-3-1-2-13(17)4-7-18(21)14-8-9-23-19(10-14)31-12-16-11-20(32(29,30)26-22)25-27(16)15-5-6-15/h4,7-11,15H,1-3,5-6,12H2,(H2,24,26,28). The Morgan fingerprint density at radius 1 is 1.12 bits per heavy atom. The second-order valence-electron chi connectivity index (χ2n) is 8.36. The number of amides is 2. The van der Waals surface area contributed by atoms with Gasteiger partial charge in [-0.05, 0) is 54.9 Å². The Balaban J connectivity index is 1.49. The summed E-state index contributed by atoms with van der Waals surface area (Å²) in [6.07, 6.45) is 6.25. The van der Waals surface area contributed by atoms with E-state index in [9.17, 15) is 13.2 Å². The van der Waals surface area contributed by atoms with Crippen LogP contribution in [-0.2, 0) is 29.5 Å². The zero-order chi connectivity index (χ0) is 21.9. The molecule has 3 heterocycles. The van der Waals surface area contributed by atoms with E-state index in [0.717, 1.165) is 54.4 Å². The lowest BCUT2D eigenvalue weighted by molar-refractivity contribution is 0.256. The minimum Gasteiger partial charge on any atom is -0.471 e. The number of carbonyl (C=O) groups excluding carboxylic acids is 1. The number of hydrogen-bond donors (Lipinski definition) is 2. The van der Waals surface area contributed by atoms with Gasteiger partial charge in [0, 0.05) is 23.9 Å². The maximum Gasteiger partial charge on any atom is 0.333 e. The highest BCUT2D eigenvalue weighted by molar-refractivity contribution is 7.90. The Morgan fingerprint density at radius 3 is 2.84 bits per heavy atom. The zero-order valence-electron chi connectivity index (χ0n) is 17.2. The molecule has 2 aromatic heterocycles. The van der Waals surface area contributed by atoms with Crippen molar-refractivity contribution >= 4 is 21.7 Å². The van der Waals surface area contributed by atoms with E-state index in [1.807, 2.05) is 18.2 Å². The van der Waals surface area contributed by atoms with Crippen LogP contribution in [-0.4, -0.2) is 29.2 Å². The average molecular weight is 452 g/mol.